The average molecular weight is 596 g/mol. The van der Waals surface area contributed by atoms with Gasteiger partial charge in [-0.25, -0.2) is 16.8 Å². The summed E-state index contributed by atoms with van der Waals surface area (Å²) in [4.78, 5) is 29.8. The Balaban J connectivity index is 1.69. The molecule has 1 aliphatic rings. The standard InChI is InChI=1S/C25H29N3O8S3/c1-5-35-23(29)15-28-21-11-10-20(38(4,31)32)12-22(21)37-25(28)26-24(30)18-6-8-19(9-7-18)39(33,34)27-13-16(2)36-17(3)14-27/h6-12,16-17H,5,13-15H2,1-4H3. The number of carbonyl (C=O) groups is 2. The van der Waals surface area contributed by atoms with E-state index in [1.807, 2.05) is 13.8 Å². The molecule has 2 aromatic carbocycles. The third kappa shape index (κ3) is 6.47. The van der Waals surface area contributed by atoms with Crippen LogP contribution in [0.25, 0.3) is 10.2 Å². The quantitative estimate of drug-likeness (QED) is 0.379. The maximum absolute atomic E-state index is 13.1. The summed E-state index contributed by atoms with van der Waals surface area (Å²) < 4.78 is 64.3. The molecule has 0 radical (unpaired) electrons. The molecule has 0 N–H and O–H groups in total. The molecular weight excluding hydrogens is 566 g/mol. The minimum absolute atomic E-state index is 0.0490. The molecule has 2 heterocycles. The van der Waals surface area contributed by atoms with Crippen LogP contribution < -0.4 is 4.80 Å². The van der Waals surface area contributed by atoms with E-state index in [1.165, 1.54) is 45.3 Å². The van der Waals surface area contributed by atoms with Crippen molar-refractivity contribution in [3.63, 3.8) is 0 Å². The predicted molar refractivity (Wildman–Crippen MR) is 145 cm³/mol. The summed E-state index contributed by atoms with van der Waals surface area (Å²) in [6.45, 7) is 5.70. The highest BCUT2D eigenvalue weighted by molar-refractivity contribution is 7.90. The maximum Gasteiger partial charge on any atom is 0.326 e. The van der Waals surface area contributed by atoms with Crippen LogP contribution in [-0.2, 0) is 40.7 Å². The van der Waals surface area contributed by atoms with Gasteiger partial charge >= 0.3 is 5.97 Å². The Labute approximate surface area is 230 Å². The van der Waals surface area contributed by atoms with E-state index in [1.54, 1.807) is 13.0 Å². The largest absolute Gasteiger partial charge is 0.465 e. The van der Waals surface area contributed by atoms with E-state index in [-0.39, 0.29) is 58.6 Å². The zero-order valence-electron chi connectivity index (χ0n) is 21.9. The summed E-state index contributed by atoms with van der Waals surface area (Å²) in [5.74, 6) is -1.19. The van der Waals surface area contributed by atoms with Crippen molar-refractivity contribution in [1.82, 2.24) is 8.87 Å². The van der Waals surface area contributed by atoms with E-state index in [9.17, 15) is 26.4 Å². The lowest BCUT2D eigenvalue weighted by molar-refractivity contribution is -0.143. The predicted octanol–water partition coefficient (Wildman–Crippen LogP) is 2.21. The first-order valence-electron chi connectivity index (χ1n) is 12.1. The molecular formula is C25H29N3O8S3. The van der Waals surface area contributed by atoms with Crippen LogP contribution in [0, 0.1) is 0 Å². The fourth-order valence-electron chi connectivity index (χ4n) is 4.25. The number of hydrogen-bond donors (Lipinski definition) is 0. The normalized spacial score (nSPS) is 19.3. The van der Waals surface area contributed by atoms with Crippen molar-refractivity contribution >= 4 is 53.3 Å². The SMILES string of the molecule is CCOC(=O)Cn1c(=NC(=O)c2ccc(S(=O)(=O)N3CC(C)OC(C)C3)cc2)sc2cc(S(C)(=O)=O)ccc21. The number of benzene rings is 2. The van der Waals surface area contributed by atoms with Crippen molar-refractivity contribution in [1.29, 1.82) is 0 Å². The van der Waals surface area contributed by atoms with Crippen LogP contribution in [0.1, 0.15) is 31.1 Å². The van der Waals surface area contributed by atoms with Gasteiger partial charge in [-0.05, 0) is 63.2 Å². The Hall–Kier alpha value is -2.91. The minimum Gasteiger partial charge on any atom is -0.465 e. The second-order valence-corrected chi connectivity index (χ2v) is 14.2. The number of ether oxygens (including phenoxy) is 2. The number of aromatic nitrogens is 1. The van der Waals surface area contributed by atoms with Gasteiger partial charge in [0.2, 0.25) is 10.0 Å². The monoisotopic (exact) mass is 595 g/mol. The molecule has 0 spiro atoms. The molecule has 4 rings (SSSR count). The van der Waals surface area contributed by atoms with E-state index >= 15 is 0 Å². The van der Waals surface area contributed by atoms with Crippen molar-refractivity contribution in [3.8, 4) is 0 Å². The molecule has 210 valence electrons. The van der Waals surface area contributed by atoms with Gasteiger partial charge in [0.05, 0.1) is 38.8 Å². The number of fused-ring (bicyclic) bond motifs is 1. The number of esters is 1. The van der Waals surface area contributed by atoms with Gasteiger partial charge < -0.3 is 14.0 Å². The maximum atomic E-state index is 13.1. The Morgan fingerprint density at radius 3 is 2.23 bits per heavy atom. The van der Waals surface area contributed by atoms with Crippen LogP contribution in [0.3, 0.4) is 0 Å². The van der Waals surface area contributed by atoms with Crippen molar-refractivity contribution < 1.29 is 35.9 Å². The molecule has 3 aromatic rings. The highest BCUT2D eigenvalue weighted by atomic mass is 32.2. The molecule has 39 heavy (non-hydrogen) atoms. The van der Waals surface area contributed by atoms with Gasteiger partial charge in [-0.3, -0.25) is 9.59 Å². The lowest BCUT2D eigenvalue weighted by Gasteiger charge is -2.34. The van der Waals surface area contributed by atoms with Crippen molar-refractivity contribution in [2.45, 2.75) is 49.3 Å². The second-order valence-electron chi connectivity index (χ2n) is 9.20. The van der Waals surface area contributed by atoms with Crippen LogP contribution in [0.4, 0.5) is 0 Å². The van der Waals surface area contributed by atoms with E-state index in [0.717, 1.165) is 17.6 Å². The molecule has 1 fully saturated rings. The Bertz CT molecular complexity index is 1680. The third-order valence-corrected chi connectivity index (χ3v) is 9.99. The molecule has 0 aliphatic carbocycles. The smallest absolute Gasteiger partial charge is 0.326 e. The number of sulfonamides is 1. The lowest BCUT2D eigenvalue weighted by atomic mass is 10.2. The van der Waals surface area contributed by atoms with Gasteiger partial charge in [0.15, 0.2) is 14.6 Å². The lowest BCUT2D eigenvalue weighted by Crippen LogP contribution is -2.48. The number of sulfone groups is 1. The highest BCUT2D eigenvalue weighted by Crippen LogP contribution is 2.23. The highest BCUT2D eigenvalue weighted by Gasteiger charge is 2.32. The fraction of sp³-hybridized carbons (Fsp3) is 0.400. The molecule has 11 nitrogen and oxygen atoms in total. The molecule has 0 bridgehead atoms. The summed E-state index contributed by atoms with van der Waals surface area (Å²) in [5.41, 5.74) is 0.664. The van der Waals surface area contributed by atoms with Crippen LogP contribution in [-0.4, -0.2) is 75.7 Å². The number of rotatable bonds is 7. The average Bonchev–Trinajstić information content (AvgIpc) is 3.19. The molecule has 1 saturated heterocycles. The van der Waals surface area contributed by atoms with E-state index in [2.05, 4.69) is 4.99 Å². The first kappa shape index (κ1) is 29.1. The van der Waals surface area contributed by atoms with E-state index in [4.69, 9.17) is 9.47 Å². The summed E-state index contributed by atoms with van der Waals surface area (Å²) in [7, 11) is -7.26. The first-order valence-corrected chi connectivity index (χ1v) is 16.3. The van der Waals surface area contributed by atoms with Gasteiger partial charge in [0, 0.05) is 24.9 Å². The summed E-state index contributed by atoms with van der Waals surface area (Å²) in [6.07, 6.45) is 0.617. The van der Waals surface area contributed by atoms with Crippen LogP contribution in [0.2, 0.25) is 0 Å². The number of nitrogens with zero attached hydrogens (tertiary/aromatic N) is 3. The van der Waals surface area contributed by atoms with E-state index in [0.29, 0.717) is 10.2 Å². The molecule has 1 amide bonds. The number of thiazole rings is 1. The number of hydrogen-bond acceptors (Lipinski definition) is 9. The molecule has 2 atom stereocenters. The van der Waals surface area contributed by atoms with Crippen LogP contribution >= 0.6 is 11.3 Å². The van der Waals surface area contributed by atoms with Gasteiger partial charge in [-0.15, -0.1) is 0 Å². The topological polar surface area (TPSA) is 141 Å². The second kappa shape index (κ2) is 11.3. The van der Waals surface area contributed by atoms with Gasteiger partial charge in [0.1, 0.15) is 6.54 Å². The minimum atomic E-state index is -3.78. The molecule has 14 heteroatoms. The van der Waals surface area contributed by atoms with Gasteiger partial charge in [0.25, 0.3) is 5.91 Å². The Morgan fingerprint density at radius 2 is 1.64 bits per heavy atom. The number of morpholine rings is 1. The van der Waals surface area contributed by atoms with Crippen molar-refractivity contribution in [2.24, 2.45) is 4.99 Å². The molecule has 0 saturated carbocycles. The van der Waals surface area contributed by atoms with Crippen molar-refractivity contribution in [3.05, 3.63) is 52.8 Å². The van der Waals surface area contributed by atoms with Crippen LogP contribution in [0.15, 0.2) is 57.2 Å². The fourth-order valence-corrected chi connectivity index (χ4v) is 7.63. The van der Waals surface area contributed by atoms with Gasteiger partial charge in [-0.2, -0.15) is 9.30 Å². The van der Waals surface area contributed by atoms with Gasteiger partial charge in [-0.1, -0.05) is 11.3 Å². The third-order valence-electron chi connectivity index (χ3n) is 6.00. The molecule has 1 aromatic heterocycles. The summed E-state index contributed by atoms with van der Waals surface area (Å²) in [5, 5.41) is 0. The Kier molecular flexibility index (Phi) is 8.42. The zero-order valence-corrected chi connectivity index (χ0v) is 24.3. The van der Waals surface area contributed by atoms with Crippen molar-refractivity contribution in [2.75, 3.05) is 26.0 Å². The zero-order chi connectivity index (χ0) is 28.5. The summed E-state index contributed by atoms with van der Waals surface area (Å²) >= 11 is 1.05. The van der Waals surface area contributed by atoms with E-state index < -0.39 is 31.7 Å². The Morgan fingerprint density at radius 1 is 1.03 bits per heavy atom. The number of carbonyl (C=O) groups excluding carboxylic acids is 2. The molecule has 2 unspecified atom stereocenters. The molecule has 1 aliphatic heterocycles. The van der Waals surface area contributed by atoms with Crippen LogP contribution in [0.5, 0.6) is 0 Å². The first-order chi connectivity index (χ1) is 18.3. The summed E-state index contributed by atoms with van der Waals surface area (Å²) in [6, 6.07) is 9.93. The number of amides is 1.